The van der Waals surface area contributed by atoms with Crippen LogP contribution in [0.2, 0.25) is 10.0 Å². The van der Waals surface area contributed by atoms with Gasteiger partial charge in [-0.3, -0.25) is 4.79 Å². The zero-order valence-electron chi connectivity index (χ0n) is 17.6. The topological polar surface area (TPSA) is 119 Å². The highest BCUT2D eigenvalue weighted by molar-refractivity contribution is 9.10. The van der Waals surface area contributed by atoms with Crippen LogP contribution in [0.4, 0.5) is 5.69 Å². The summed E-state index contributed by atoms with van der Waals surface area (Å²) >= 11 is 15.3. The lowest BCUT2D eigenvalue weighted by Gasteiger charge is -2.24. The summed E-state index contributed by atoms with van der Waals surface area (Å²) in [5.41, 5.74) is 0.00935. The van der Waals surface area contributed by atoms with E-state index in [1.807, 2.05) is 0 Å². The fourth-order valence-corrected chi connectivity index (χ4v) is 3.68. The van der Waals surface area contributed by atoms with Gasteiger partial charge >= 0.3 is 17.9 Å². The molecule has 0 aromatic heterocycles. The van der Waals surface area contributed by atoms with E-state index in [9.17, 15) is 24.3 Å². The smallest absolute Gasteiger partial charge is 0.349 e. The standard InChI is InChI=1S/C24H16BrCl2NO7/c25-15-9-3-6-12-18(15)28-21(29)19(34-23(32)13-7-1-4-10-16(13)26)20(22(30)31)35-24(33)14-8-2-5-11-17(14)27/h1-12,19-20H,(H,28,29)(H,30,31)/t19-,20+/m1/s1. The quantitative estimate of drug-likeness (QED) is 0.350. The third-order valence-corrected chi connectivity index (χ3v) is 5.91. The van der Waals surface area contributed by atoms with Gasteiger partial charge in [0.1, 0.15) is 0 Å². The second kappa shape index (κ2) is 11.8. The van der Waals surface area contributed by atoms with Gasteiger partial charge in [-0.1, -0.05) is 59.6 Å². The molecule has 0 fully saturated rings. The summed E-state index contributed by atoms with van der Waals surface area (Å²) in [5, 5.41) is 12.3. The van der Waals surface area contributed by atoms with Crippen LogP contribution in [-0.2, 0) is 19.1 Å². The molecule has 2 N–H and O–H groups in total. The molecule has 8 nitrogen and oxygen atoms in total. The van der Waals surface area contributed by atoms with Crippen LogP contribution in [0, 0.1) is 0 Å². The van der Waals surface area contributed by atoms with Crippen molar-refractivity contribution in [3.05, 3.63) is 98.4 Å². The zero-order valence-corrected chi connectivity index (χ0v) is 20.7. The van der Waals surface area contributed by atoms with Crippen LogP contribution in [0.25, 0.3) is 0 Å². The largest absolute Gasteiger partial charge is 0.478 e. The minimum atomic E-state index is -2.22. The molecule has 0 aliphatic carbocycles. The maximum atomic E-state index is 13.1. The first-order valence-electron chi connectivity index (χ1n) is 9.88. The van der Waals surface area contributed by atoms with Crippen molar-refractivity contribution in [1.82, 2.24) is 0 Å². The molecule has 2 atom stereocenters. The number of anilines is 1. The van der Waals surface area contributed by atoms with Gasteiger partial charge in [0, 0.05) is 4.47 Å². The number of carbonyl (C=O) groups excluding carboxylic acids is 3. The van der Waals surface area contributed by atoms with Crippen LogP contribution in [0.1, 0.15) is 20.7 Å². The number of carboxylic acids is 1. The van der Waals surface area contributed by atoms with Crippen molar-refractivity contribution in [2.75, 3.05) is 5.32 Å². The Balaban J connectivity index is 1.95. The van der Waals surface area contributed by atoms with Gasteiger partial charge in [0.05, 0.1) is 26.9 Å². The summed E-state index contributed by atoms with van der Waals surface area (Å²) in [4.78, 5) is 50.7. The number of carboxylic acid groups (broad SMARTS) is 1. The second-order valence-corrected chi connectivity index (χ2v) is 8.59. The molecule has 0 bridgehead atoms. The first-order chi connectivity index (χ1) is 16.7. The molecule has 0 heterocycles. The third kappa shape index (κ3) is 6.60. The molecule has 11 heteroatoms. The lowest BCUT2D eigenvalue weighted by atomic mass is 10.1. The Morgan fingerprint density at radius 2 is 1.20 bits per heavy atom. The average molecular weight is 581 g/mol. The molecule has 3 aromatic carbocycles. The zero-order chi connectivity index (χ0) is 25.5. The Morgan fingerprint density at radius 3 is 1.69 bits per heavy atom. The number of aliphatic carboxylic acids is 1. The van der Waals surface area contributed by atoms with E-state index in [-0.39, 0.29) is 26.9 Å². The number of carbonyl (C=O) groups is 4. The van der Waals surface area contributed by atoms with Crippen LogP contribution in [0.15, 0.2) is 77.3 Å². The van der Waals surface area contributed by atoms with Gasteiger partial charge in [-0.15, -0.1) is 0 Å². The number of benzene rings is 3. The van der Waals surface area contributed by atoms with Crippen molar-refractivity contribution >= 4 is 68.6 Å². The van der Waals surface area contributed by atoms with Gasteiger partial charge in [0.2, 0.25) is 12.2 Å². The van der Waals surface area contributed by atoms with Crippen molar-refractivity contribution in [3.8, 4) is 0 Å². The highest BCUT2D eigenvalue weighted by Gasteiger charge is 2.41. The number of esters is 2. The van der Waals surface area contributed by atoms with E-state index in [0.717, 1.165) is 0 Å². The van der Waals surface area contributed by atoms with Crippen molar-refractivity contribution in [2.45, 2.75) is 12.2 Å². The Labute approximate surface area is 217 Å². The molecule has 0 radical (unpaired) electrons. The Morgan fingerprint density at radius 1 is 0.743 bits per heavy atom. The lowest BCUT2D eigenvalue weighted by Crippen LogP contribution is -2.48. The maximum absolute atomic E-state index is 13.1. The molecule has 0 unspecified atom stereocenters. The summed E-state index contributed by atoms with van der Waals surface area (Å²) < 4.78 is 10.8. The Kier molecular flexibility index (Phi) is 8.86. The molecule has 3 rings (SSSR count). The Hall–Kier alpha value is -3.40. The van der Waals surface area contributed by atoms with Gasteiger partial charge in [-0.2, -0.15) is 0 Å². The summed E-state index contributed by atoms with van der Waals surface area (Å²) in [6, 6.07) is 18.1. The molecule has 180 valence electrons. The van der Waals surface area contributed by atoms with Crippen LogP contribution in [0.5, 0.6) is 0 Å². The SMILES string of the molecule is O=C(O[C@H](C(=O)O)[C@@H](OC(=O)c1ccccc1Cl)C(=O)Nc1ccccc1Br)c1ccccc1Cl. The van der Waals surface area contributed by atoms with E-state index in [4.69, 9.17) is 32.7 Å². The number of hydrogen-bond acceptors (Lipinski definition) is 6. The monoisotopic (exact) mass is 579 g/mol. The number of hydrogen-bond donors (Lipinski definition) is 2. The first-order valence-corrected chi connectivity index (χ1v) is 11.4. The minimum Gasteiger partial charge on any atom is -0.478 e. The predicted molar refractivity (Wildman–Crippen MR) is 132 cm³/mol. The van der Waals surface area contributed by atoms with Gasteiger partial charge in [0.25, 0.3) is 5.91 Å². The highest BCUT2D eigenvalue weighted by atomic mass is 79.9. The number of amides is 1. The molecule has 0 aliphatic rings. The number of nitrogens with one attached hydrogen (secondary N) is 1. The average Bonchev–Trinajstić information content (AvgIpc) is 2.82. The number of halogens is 3. The number of para-hydroxylation sites is 1. The summed E-state index contributed by atoms with van der Waals surface area (Å²) in [6.07, 6.45) is -4.30. The molecule has 0 aliphatic heterocycles. The first kappa shape index (κ1) is 26.2. The normalized spacial score (nSPS) is 12.2. The summed E-state index contributed by atoms with van der Waals surface area (Å²) in [7, 11) is 0. The van der Waals surface area contributed by atoms with E-state index >= 15 is 0 Å². The fourth-order valence-electron chi connectivity index (χ4n) is 2.87. The van der Waals surface area contributed by atoms with Gasteiger partial charge in [-0.25, -0.2) is 14.4 Å². The number of ether oxygens (including phenoxy) is 2. The Bertz CT molecular complexity index is 1280. The van der Waals surface area contributed by atoms with Crippen LogP contribution in [0.3, 0.4) is 0 Å². The van der Waals surface area contributed by atoms with Gasteiger partial charge in [0.15, 0.2) is 0 Å². The van der Waals surface area contributed by atoms with Crippen molar-refractivity contribution in [3.63, 3.8) is 0 Å². The van der Waals surface area contributed by atoms with E-state index in [2.05, 4.69) is 21.2 Å². The molecule has 0 saturated carbocycles. The lowest BCUT2D eigenvalue weighted by molar-refractivity contribution is -0.157. The van der Waals surface area contributed by atoms with Gasteiger partial charge < -0.3 is 19.9 Å². The molecular weight excluding hydrogens is 565 g/mol. The molecule has 35 heavy (non-hydrogen) atoms. The van der Waals surface area contributed by atoms with Crippen LogP contribution >= 0.6 is 39.1 Å². The van der Waals surface area contributed by atoms with E-state index in [1.54, 1.807) is 30.3 Å². The summed E-state index contributed by atoms with van der Waals surface area (Å²) in [5.74, 6) is -5.01. The minimum absolute atomic E-state index is 0.00363. The van der Waals surface area contributed by atoms with Crippen LogP contribution < -0.4 is 5.32 Å². The van der Waals surface area contributed by atoms with Crippen molar-refractivity contribution < 1.29 is 33.8 Å². The molecule has 3 aromatic rings. The molecule has 0 spiro atoms. The molecule has 1 amide bonds. The summed E-state index contributed by atoms with van der Waals surface area (Å²) in [6.45, 7) is 0. The van der Waals surface area contributed by atoms with E-state index in [0.29, 0.717) is 4.47 Å². The fraction of sp³-hybridized carbons (Fsp3) is 0.0833. The van der Waals surface area contributed by atoms with Crippen LogP contribution in [-0.4, -0.2) is 41.1 Å². The third-order valence-electron chi connectivity index (χ3n) is 4.56. The second-order valence-electron chi connectivity index (χ2n) is 6.92. The highest BCUT2D eigenvalue weighted by Crippen LogP contribution is 2.24. The van der Waals surface area contributed by atoms with E-state index in [1.165, 1.54) is 42.5 Å². The van der Waals surface area contributed by atoms with Crippen molar-refractivity contribution in [1.29, 1.82) is 0 Å². The van der Waals surface area contributed by atoms with Crippen molar-refractivity contribution in [2.24, 2.45) is 0 Å². The maximum Gasteiger partial charge on any atom is 0.349 e. The molecule has 0 saturated heterocycles. The van der Waals surface area contributed by atoms with E-state index < -0.39 is 36.0 Å². The van der Waals surface area contributed by atoms with Gasteiger partial charge in [-0.05, 0) is 52.3 Å². The molecular formula is C24H16BrCl2NO7. The number of rotatable bonds is 8. The predicted octanol–water partition coefficient (Wildman–Crippen LogP) is 5.23.